The maximum absolute atomic E-state index is 11.8. The van der Waals surface area contributed by atoms with E-state index in [1.54, 1.807) is 12.1 Å². The highest BCUT2D eigenvalue weighted by Crippen LogP contribution is 2.15. The summed E-state index contributed by atoms with van der Waals surface area (Å²) in [6.45, 7) is 1.94. The van der Waals surface area contributed by atoms with E-state index in [9.17, 15) is 9.59 Å². The Morgan fingerprint density at radius 3 is 2.88 bits per heavy atom. The van der Waals surface area contributed by atoms with Gasteiger partial charge in [-0.25, -0.2) is 4.68 Å². The summed E-state index contributed by atoms with van der Waals surface area (Å²) < 4.78 is 1.16. The van der Waals surface area contributed by atoms with Gasteiger partial charge in [-0.3, -0.25) is 9.59 Å². The fourth-order valence-corrected chi connectivity index (χ4v) is 2.10. The average Bonchev–Trinajstić information content (AvgIpc) is 2.68. The largest absolute Gasteiger partial charge is 0.291 e. The summed E-state index contributed by atoms with van der Waals surface area (Å²) in [6, 6.07) is 6.61. The van der Waals surface area contributed by atoms with Crippen molar-refractivity contribution in [3.05, 3.63) is 50.6 Å². The molecule has 0 aliphatic heterocycles. The number of hydrogen-bond donors (Lipinski definition) is 0. The third-order valence-corrected chi connectivity index (χ3v) is 3.14. The molecular formula is C11H10N2O2S. The Morgan fingerprint density at radius 1 is 1.44 bits per heavy atom. The Kier molecular flexibility index (Phi) is 2.96. The van der Waals surface area contributed by atoms with Crippen LogP contribution in [0.2, 0.25) is 0 Å². The van der Waals surface area contributed by atoms with Gasteiger partial charge in [0.25, 0.3) is 5.56 Å². The summed E-state index contributed by atoms with van der Waals surface area (Å²) in [7, 11) is 0. The lowest BCUT2D eigenvalue weighted by molar-refractivity contribution is 0.0969. The smallest absolute Gasteiger partial charge is 0.267 e. The Labute approximate surface area is 96.2 Å². The van der Waals surface area contributed by atoms with Gasteiger partial charge in [-0.1, -0.05) is 0 Å². The van der Waals surface area contributed by atoms with Crippen molar-refractivity contribution >= 4 is 17.1 Å². The molecule has 0 radical (unpaired) electrons. The van der Waals surface area contributed by atoms with E-state index in [0.29, 0.717) is 4.88 Å². The Hall–Kier alpha value is -1.75. The second-order valence-corrected chi connectivity index (χ2v) is 4.64. The van der Waals surface area contributed by atoms with Crippen molar-refractivity contribution in [1.29, 1.82) is 0 Å². The molecule has 0 saturated carbocycles. The van der Waals surface area contributed by atoms with Crippen LogP contribution in [0.25, 0.3) is 0 Å². The highest BCUT2D eigenvalue weighted by Gasteiger charge is 2.09. The molecule has 2 aromatic rings. The molecule has 0 aliphatic rings. The molecule has 0 atom stereocenters. The Morgan fingerprint density at radius 2 is 2.25 bits per heavy atom. The normalized spacial score (nSPS) is 10.3. The van der Waals surface area contributed by atoms with E-state index in [2.05, 4.69) is 5.10 Å². The van der Waals surface area contributed by atoms with Crippen molar-refractivity contribution in [1.82, 2.24) is 9.78 Å². The van der Waals surface area contributed by atoms with E-state index in [1.165, 1.54) is 23.6 Å². The first-order valence-corrected chi connectivity index (χ1v) is 5.60. The van der Waals surface area contributed by atoms with Gasteiger partial charge in [0.05, 0.1) is 4.88 Å². The van der Waals surface area contributed by atoms with Gasteiger partial charge in [0, 0.05) is 17.1 Å². The lowest BCUT2D eigenvalue weighted by Crippen LogP contribution is -2.25. The molecule has 0 aliphatic carbocycles. The van der Waals surface area contributed by atoms with Gasteiger partial charge in [0.1, 0.15) is 6.54 Å². The molecular weight excluding hydrogens is 224 g/mol. The molecule has 4 nitrogen and oxygen atoms in total. The van der Waals surface area contributed by atoms with Crippen LogP contribution in [0.1, 0.15) is 14.5 Å². The third-order valence-electron chi connectivity index (χ3n) is 2.09. The second-order valence-electron chi connectivity index (χ2n) is 3.35. The number of nitrogens with zero attached hydrogens (tertiary/aromatic N) is 2. The van der Waals surface area contributed by atoms with Crippen LogP contribution < -0.4 is 5.56 Å². The monoisotopic (exact) mass is 234 g/mol. The highest BCUT2D eigenvalue weighted by atomic mass is 32.1. The summed E-state index contributed by atoms with van der Waals surface area (Å²) >= 11 is 1.43. The SMILES string of the molecule is Cc1ccc(C(=O)Cn2ncccc2=O)s1. The van der Waals surface area contributed by atoms with Crippen LogP contribution in [-0.4, -0.2) is 15.6 Å². The average molecular weight is 234 g/mol. The lowest BCUT2D eigenvalue weighted by atomic mass is 10.3. The van der Waals surface area contributed by atoms with Gasteiger partial charge in [-0.2, -0.15) is 5.10 Å². The lowest BCUT2D eigenvalue weighted by Gasteiger charge is -2.00. The van der Waals surface area contributed by atoms with Crippen LogP contribution in [0.5, 0.6) is 0 Å². The molecule has 5 heteroatoms. The van der Waals surface area contributed by atoms with E-state index in [-0.39, 0.29) is 17.9 Å². The minimum Gasteiger partial charge on any atom is -0.291 e. The van der Waals surface area contributed by atoms with Crippen LogP contribution in [0.3, 0.4) is 0 Å². The number of carbonyl (C=O) groups is 1. The maximum atomic E-state index is 11.8. The van der Waals surface area contributed by atoms with Gasteiger partial charge < -0.3 is 0 Å². The fourth-order valence-electron chi connectivity index (χ4n) is 1.30. The minimum atomic E-state index is -0.260. The maximum Gasteiger partial charge on any atom is 0.267 e. The molecule has 0 fully saturated rings. The summed E-state index contributed by atoms with van der Waals surface area (Å²) in [4.78, 5) is 24.9. The molecule has 0 N–H and O–H groups in total. The van der Waals surface area contributed by atoms with Gasteiger partial charge in [-0.15, -0.1) is 11.3 Å². The first kappa shape index (κ1) is 10.8. The van der Waals surface area contributed by atoms with Crippen molar-refractivity contribution in [2.45, 2.75) is 13.5 Å². The van der Waals surface area contributed by atoms with E-state index in [0.717, 1.165) is 9.56 Å². The zero-order valence-corrected chi connectivity index (χ0v) is 9.53. The number of ketones is 1. The summed E-state index contributed by atoms with van der Waals surface area (Å²) in [6.07, 6.45) is 1.49. The van der Waals surface area contributed by atoms with Crippen molar-refractivity contribution in [3.8, 4) is 0 Å². The summed E-state index contributed by atoms with van der Waals surface area (Å²) in [5, 5.41) is 3.84. The number of thiophene rings is 1. The molecule has 0 spiro atoms. The summed E-state index contributed by atoms with van der Waals surface area (Å²) in [5.74, 6) is -0.0844. The zero-order valence-electron chi connectivity index (χ0n) is 8.71. The molecule has 0 saturated heterocycles. The number of carbonyl (C=O) groups excluding carboxylic acids is 1. The molecule has 2 rings (SSSR count). The number of aryl methyl sites for hydroxylation is 1. The standard InChI is InChI=1S/C11H10N2O2S/c1-8-4-5-10(16-8)9(14)7-13-11(15)3-2-6-12-13/h2-6H,7H2,1H3. The molecule has 82 valence electrons. The number of Topliss-reactive ketones (excluding diaryl/α,β-unsaturated/α-hetero) is 1. The number of aromatic nitrogens is 2. The Balaban J connectivity index is 2.20. The third kappa shape index (κ3) is 2.25. The van der Waals surface area contributed by atoms with Gasteiger partial charge >= 0.3 is 0 Å². The number of hydrogen-bond acceptors (Lipinski definition) is 4. The predicted molar refractivity (Wildman–Crippen MR) is 61.9 cm³/mol. The minimum absolute atomic E-state index is 0.000370. The first-order chi connectivity index (χ1) is 7.66. The van der Waals surface area contributed by atoms with Gasteiger partial charge in [0.2, 0.25) is 0 Å². The molecule has 0 aromatic carbocycles. The van der Waals surface area contributed by atoms with Crippen LogP contribution in [0, 0.1) is 6.92 Å². The molecule has 0 unspecified atom stereocenters. The van der Waals surface area contributed by atoms with Gasteiger partial charge in [0.15, 0.2) is 5.78 Å². The van der Waals surface area contributed by atoms with E-state index < -0.39 is 0 Å². The quantitative estimate of drug-likeness (QED) is 0.756. The van der Waals surface area contributed by atoms with Crippen molar-refractivity contribution in [2.75, 3.05) is 0 Å². The fraction of sp³-hybridized carbons (Fsp3) is 0.182. The van der Waals surface area contributed by atoms with E-state index in [1.807, 2.05) is 13.0 Å². The van der Waals surface area contributed by atoms with Crippen LogP contribution in [-0.2, 0) is 6.54 Å². The molecule has 16 heavy (non-hydrogen) atoms. The van der Waals surface area contributed by atoms with Crippen LogP contribution in [0.15, 0.2) is 35.3 Å². The van der Waals surface area contributed by atoms with E-state index >= 15 is 0 Å². The topological polar surface area (TPSA) is 52.0 Å². The van der Waals surface area contributed by atoms with Gasteiger partial charge in [-0.05, 0) is 25.1 Å². The molecule has 2 aromatic heterocycles. The summed E-state index contributed by atoms with van der Waals surface area (Å²) in [5.41, 5.74) is -0.260. The predicted octanol–water partition coefficient (Wildman–Crippen LogP) is 1.50. The van der Waals surface area contributed by atoms with E-state index in [4.69, 9.17) is 0 Å². The molecule has 0 bridgehead atoms. The molecule has 2 heterocycles. The molecule has 0 amide bonds. The van der Waals surface area contributed by atoms with Crippen LogP contribution in [0.4, 0.5) is 0 Å². The van der Waals surface area contributed by atoms with Crippen molar-refractivity contribution in [2.24, 2.45) is 0 Å². The number of rotatable bonds is 3. The van der Waals surface area contributed by atoms with Crippen molar-refractivity contribution in [3.63, 3.8) is 0 Å². The van der Waals surface area contributed by atoms with Crippen molar-refractivity contribution < 1.29 is 4.79 Å². The van der Waals surface area contributed by atoms with Crippen LogP contribution >= 0.6 is 11.3 Å². The first-order valence-electron chi connectivity index (χ1n) is 4.78. The Bertz CT molecular complexity index is 571. The zero-order chi connectivity index (χ0) is 11.5. The second kappa shape index (κ2) is 4.40. The highest BCUT2D eigenvalue weighted by molar-refractivity contribution is 7.14.